The summed E-state index contributed by atoms with van der Waals surface area (Å²) in [5.74, 6) is 1.42. The Bertz CT molecular complexity index is 828. The molecule has 1 aliphatic rings. The van der Waals surface area contributed by atoms with Gasteiger partial charge in [0, 0.05) is 12.1 Å². The number of β-amino-alcohol motifs (C(OH)–C–C–N with tert-alkyl or cyclic N) is 1. The van der Waals surface area contributed by atoms with Gasteiger partial charge in [0.05, 0.1) is 18.9 Å². The lowest BCUT2D eigenvalue weighted by Gasteiger charge is -2.37. The Hall–Kier alpha value is -2.51. The van der Waals surface area contributed by atoms with Crippen LogP contribution in [-0.2, 0) is 12.1 Å². The molecule has 0 saturated carbocycles. The highest BCUT2D eigenvalue weighted by Crippen LogP contribution is 2.30. The predicted octanol–water partition coefficient (Wildman–Crippen LogP) is 2.25. The number of benzene rings is 1. The van der Waals surface area contributed by atoms with Crippen molar-refractivity contribution in [1.82, 2.24) is 25.3 Å². The first-order valence-electron chi connectivity index (χ1n) is 8.45. The first-order chi connectivity index (χ1) is 12.1. The minimum absolute atomic E-state index is 0.488. The van der Waals surface area contributed by atoms with E-state index in [1.807, 2.05) is 12.1 Å². The van der Waals surface area contributed by atoms with Crippen LogP contribution in [0.2, 0.25) is 0 Å². The number of aromatic nitrogens is 4. The number of H-pyrrole nitrogens is 1. The first kappa shape index (κ1) is 16.0. The molecule has 4 rings (SSSR count). The number of oxazole rings is 1. The van der Waals surface area contributed by atoms with E-state index in [9.17, 15) is 5.11 Å². The molecule has 2 aromatic heterocycles. The highest BCUT2D eigenvalue weighted by Gasteiger charge is 2.37. The van der Waals surface area contributed by atoms with Crippen LogP contribution in [0.5, 0.6) is 0 Å². The molecule has 25 heavy (non-hydrogen) atoms. The third-order valence-corrected chi connectivity index (χ3v) is 4.69. The molecule has 3 aromatic rings. The smallest absolute Gasteiger partial charge is 0.209 e. The number of nitrogens with zero attached hydrogens (tertiary/aromatic N) is 4. The lowest BCUT2D eigenvalue weighted by Crippen LogP contribution is -2.45. The van der Waals surface area contributed by atoms with E-state index in [0.29, 0.717) is 31.1 Å². The lowest BCUT2D eigenvalue weighted by molar-refractivity contribution is -0.0432. The van der Waals surface area contributed by atoms with Gasteiger partial charge in [0.15, 0.2) is 5.76 Å². The van der Waals surface area contributed by atoms with Crippen molar-refractivity contribution in [1.29, 1.82) is 0 Å². The standard InChI is InChI=1S/C18H21N5O2/c1-13-3-5-14(6-4-13)15-9-19-17(25-15)11-23-8-2-7-18(24,12-23)16-10-20-22-21-16/h3-6,9-10,24H,2,7-8,11-12H2,1H3,(H,20,21,22)/t18-/m0/s1. The van der Waals surface area contributed by atoms with Crippen LogP contribution in [0.15, 0.2) is 41.1 Å². The van der Waals surface area contributed by atoms with Gasteiger partial charge in [-0.3, -0.25) is 4.90 Å². The molecule has 3 heterocycles. The maximum absolute atomic E-state index is 10.9. The van der Waals surface area contributed by atoms with Crippen LogP contribution < -0.4 is 0 Å². The molecule has 0 amide bonds. The van der Waals surface area contributed by atoms with Gasteiger partial charge in [-0.15, -0.1) is 0 Å². The summed E-state index contributed by atoms with van der Waals surface area (Å²) in [5.41, 5.74) is 1.84. The number of hydrogen-bond acceptors (Lipinski definition) is 6. The van der Waals surface area contributed by atoms with Gasteiger partial charge in [0.1, 0.15) is 11.3 Å². The molecule has 130 valence electrons. The van der Waals surface area contributed by atoms with Gasteiger partial charge in [0.25, 0.3) is 0 Å². The summed E-state index contributed by atoms with van der Waals surface area (Å²) >= 11 is 0. The Morgan fingerprint density at radius 1 is 1.28 bits per heavy atom. The fraction of sp³-hybridized carbons (Fsp3) is 0.389. The summed E-state index contributed by atoms with van der Waals surface area (Å²) in [4.78, 5) is 6.54. The second kappa shape index (κ2) is 6.42. The number of piperidine rings is 1. The molecule has 2 N–H and O–H groups in total. The topological polar surface area (TPSA) is 91.1 Å². The summed E-state index contributed by atoms with van der Waals surface area (Å²) in [5, 5.41) is 21.3. The van der Waals surface area contributed by atoms with Gasteiger partial charge in [-0.1, -0.05) is 29.8 Å². The highest BCUT2D eigenvalue weighted by molar-refractivity contribution is 5.56. The van der Waals surface area contributed by atoms with Gasteiger partial charge < -0.3 is 9.52 Å². The van der Waals surface area contributed by atoms with Crippen molar-refractivity contribution in [2.45, 2.75) is 31.9 Å². The second-order valence-corrected chi connectivity index (χ2v) is 6.69. The van der Waals surface area contributed by atoms with Crippen LogP contribution in [0.3, 0.4) is 0 Å². The maximum Gasteiger partial charge on any atom is 0.209 e. The molecule has 0 unspecified atom stereocenters. The Morgan fingerprint density at radius 3 is 2.88 bits per heavy atom. The monoisotopic (exact) mass is 339 g/mol. The number of rotatable bonds is 4. The average molecular weight is 339 g/mol. The van der Waals surface area contributed by atoms with Gasteiger partial charge in [-0.05, 0) is 26.3 Å². The number of nitrogens with one attached hydrogen (secondary N) is 1. The van der Waals surface area contributed by atoms with E-state index >= 15 is 0 Å². The molecule has 1 aromatic carbocycles. The molecule has 1 aliphatic heterocycles. The number of aliphatic hydroxyl groups is 1. The molecule has 1 fully saturated rings. The van der Waals surface area contributed by atoms with Crippen LogP contribution in [0, 0.1) is 6.92 Å². The summed E-state index contributed by atoms with van der Waals surface area (Å²) < 4.78 is 5.90. The van der Waals surface area contributed by atoms with Crippen LogP contribution in [0.25, 0.3) is 11.3 Å². The molecular weight excluding hydrogens is 318 g/mol. The minimum Gasteiger partial charge on any atom is -0.439 e. The van der Waals surface area contributed by atoms with Crippen molar-refractivity contribution in [3.63, 3.8) is 0 Å². The summed E-state index contributed by atoms with van der Waals surface area (Å²) in [6, 6.07) is 8.17. The van der Waals surface area contributed by atoms with Crippen LogP contribution in [-0.4, -0.2) is 43.5 Å². The van der Waals surface area contributed by atoms with E-state index in [1.165, 1.54) is 5.56 Å². The molecular formula is C18H21N5O2. The first-order valence-corrected chi connectivity index (χ1v) is 8.45. The van der Waals surface area contributed by atoms with E-state index in [0.717, 1.165) is 24.3 Å². The van der Waals surface area contributed by atoms with E-state index < -0.39 is 5.60 Å². The quantitative estimate of drug-likeness (QED) is 0.757. The molecule has 1 atom stereocenters. The van der Waals surface area contributed by atoms with Crippen molar-refractivity contribution in [3.05, 3.63) is 53.8 Å². The normalized spacial score (nSPS) is 21.5. The van der Waals surface area contributed by atoms with E-state index in [1.54, 1.807) is 12.4 Å². The van der Waals surface area contributed by atoms with Crippen molar-refractivity contribution in [3.8, 4) is 11.3 Å². The van der Waals surface area contributed by atoms with Crippen LogP contribution in [0.1, 0.15) is 30.0 Å². The SMILES string of the molecule is Cc1ccc(-c2cnc(CN3CCC[C@@](O)(c4cn[nH]n4)C3)o2)cc1. The molecule has 0 aliphatic carbocycles. The zero-order valence-corrected chi connectivity index (χ0v) is 14.1. The van der Waals surface area contributed by atoms with Crippen LogP contribution >= 0.6 is 0 Å². The van der Waals surface area contributed by atoms with Crippen molar-refractivity contribution >= 4 is 0 Å². The van der Waals surface area contributed by atoms with Gasteiger partial charge >= 0.3 is 0 Å². The summed E-state index contributed by atoms with van der Waals surface area (Å²) in [6.45, 7) is 4.00. The Balaban J connectivity index is 1.46. The predicted molar refractivity (Wildman–Crippen MR) is 91.5 cm³/mol. The maximum atomic E-state index is 10.9. The van der Waals surface area contributed by atoms with E-state index in [4.69, 9.17) is 4.42 Å². The fourth-order valence-electron chi connectivity index (χ4n) is 3.32. The number of aryl methyl sites for hydroxylation is 1. The third-order valence-electron chi connectivity index (χ3n) is 4.69. The molecule has 0 spiro atoms. The molecule has 0 bridgehead atoms. The van der Waals surface area contributed by atoms with Gasteiger partial charge in [0.2, 0.25) is 5.89 Å². The Morgan fingerprint density at radius 2 is 2.12 bits per heavy atom. The van der Waals surface area contributed by atoms with Crippen molar-refractivity contribution in [2.24, 2.45) is 0 Å². The van der Waals surface area contributed by atoms with Crippen molar-refractivity contribution in [2.75, 3.05) is 13.1 Å². The lowest BCUT2D eigenvalue weighted by atomic mass is 9.90. The largest absolute Gasteiger partial charge is 0.439 e. The average Bonchev–Trinajstić information content (AvgIpc) is 3.28. The summed E-state index contributed by atoms with van der Waals surface area (Å²) in [6.07, 6.45) is 4.91. The fourth-order valence-corrected chi connectivity index (χ4v) is 3.32. The van der Waals surface area contributed by atoms with Crippen LogP contribution in [0.4, 0.5) is 0 Å². The zero-order chi connectivity index (χ0) is 17.3. The van der Waals surface area contributed by atoms with E-state index in [2.05, 4.69) is 44.4 Å². The third kappa shape index (κ3) is 3.33. The zero-order valence-electron chi connectivity index (χ0n) is 14.1. The minimum atomic E-state index is -0.975. The van der Waals surface area contributed by atoms with Gasteiger partial charge in [-0.25, -0.2) is 4.98 Å². The molecule has 1 saturated heterocycles. The number of likely N-dealkylation sites (tertiary alicyclic amines) is 1. The number of aromatic amines is 1. The highest BCUT2D eigenvalue weighted by atomic mass is 16.4. The van der Waals surface area contributed by atoms with E-state index in [-0.39, 0.29) is 0 Å². The Labute approximate surface area is 145 Å². The molecule has 0 radical (unpaired) electrons. The van der Waals surface area contributed by atoms with Gasteiger partial charge in [-0.2, -0.15) is 15.4 Å². The molecule has 7 heteroatoms. The molecule has 7 nitrogen and oxygen atoms in total. The number of hydrogen-bond donors (Lipinski definition) is 2. The summed E-state index contributed by atoms with van der Waals surface area (Å²) in [7, 11) is 0. The Kier molecular flexibility index (Phi) is 4.10. The second-order valence-electron chi connectivity index (χ2n) is 6.69. The van der Waals surface area contributed by atoms with Crippen molar-refractivity contribution < 1.29 is 9.52 Å².